The van der Waals surface area contributed by atoms with Crippen molar-refractivity contribution in [2.45, 2.75) is 58.9 Å². The highest BCUT2D eigenvalue weighted by molar-refractivity contribution is 7.89. The number of aryl methyl sites for hydroxylation is 1. The molecule has 2 saturated carbocycles. The van der Waals surface area contributed by atoms with Crippen molar-refractivity contribution in [3.05, 3.63) is 35.4 Å². The van der Waals surface area contributed by atoms with Crippen LogP contribution in [0.3, 0.4) is 0 Å². The van der Waals surface area contributed by atoms with Crippen molar-refractivity contribution in [2.75, 3.05) is 12.3 Å². The fraction of sp³-hybridized carbons (Fsp3) is 0.667. The monoisotopic (exact) mass is 375 g/mol. The maximum absolute atomic E-state index is 13.5. The molecule has 2 bridgehead atoms. The normalized spacial score (nSPS) is 33.9. The van der Waals surface area contributed by atoms with Gasteiger partial charge in [-0.1, -0.05) is 38.1 Å². The molecule has 0 aromatic heterocycles. The molecular weight excluding hydrogens is 346 g/mol. The zero-order chi connectivity index (χ0) is 18.7. The van der Waals surface area contributed by atoms with Gasteiger partial charge in [-0.05, 0) is 55.1 Å². The fourth-order valence-corrected chi connectivity index (χ4v) is 8.33. The van der Waals surface area contributed by atoms with Crippen LogP contribution in [0, 0.1) is 23.7 Å². The quantitative estimate of drug-likeness (QED) is 0.803. The zero-order valence-corrected chi connectivity index (χ0v) is 16.8. The molecule has 0 radical (unpaired) electrons. The molecule has 26 heavy (non-hydrogen) atoms. The number of fused-ring (bicyclic) bond motifs is 2. The summed E-state index contributed by atoms with van der Waals surface area (Å²) in [6.07, 6.45) is 4.01. The second kappa shape index (κ2) is 5.90. The van der Waals surface area contributed by atoms with Crippen LogP contribution >= 0.6 is 0 Å². The molecule has 0 amide bonds. The highest BCUT2D eigenvalue weighted by Gasteiger charge is 2.65. The SMILES string of the molecule is Cc1ccccc1[C@@H]1CCCN1S(=O)(=O)C[C@@]12CC[C@@H](CC1=O)C2(C)C. The molecule has 1 saturated heterocycles. The largest absolute Gasteiger partial charge is 0.299 e. The number of carbonyl (C=O) groups excluding carboxylic acids is 1. The number of ketones is 1. The third-order valence-electron chi connectivity index (χ3n) is 7.68. The molecule has 0 N–H and O–H groups in total. The van der Waals surface area contributed by atoms with Crippen LogP contribution in [0.4, 0.5) is 0 Å². The van der Waals surface area contributed by atoms with E-state index in [2.05, 4.69) is 13.8 Å². The van der Waals surface area contributed by atoms with Crippen LogP contribution in [0.25, 0.3) is 0 Å². The predicted octanol–water partition coefficient (Wildman–Crippen LogP) is 3.86. The van der Waals surface area contributed by atoms with Gasteiger partial charge in [0.25, 0.3) is 0 Å². The zero-order valence-electron chi connectivity index (χ0n) is 16.0. The number of hydrogen-bond donors (Lipinski definition) is 0. The molecule has 5 heteroatoms. The molecule has 1 heterocycles. The fourth-order valence-electron chi connectivity index (χ4n) is 5.85. The van der Waals surface area contributed by atoms with E-state index in [0.29, 0.717) is 18.9 Å². The average molecular weight is 376 g/mol. The maximum atomic E-state index is 13.5. The van der Waals surface area contributed by atoms with Crippen molar-refractivity contribution in [3.8, 4) is 0 Å². The summed E-state index contributed by atoms with van der Waals surface area (Å²) in [6, 6.07) is 7.97. The smallest absolute Gasteiger partial charge is 0.215 e. The van der Waals surface area contributed by atoms with Crippen LogP contribution in [0.5, 0.6) is 0 Å². The van der Waals surface area contributed by atoms with Gasteiger partial charge in [0.05, 0.1) is 5.75 Å². The lowest BCUT2D eigenvalue weighted by molar-refractivity contribution is -0.128. The molecule has 1 aliphatic heterocycles. The number of sulfonamides is 1. The number of Topliss-reactive ketones (excluding diaryl/α,β-unsaturated/α-hetero) is 1. The van der Waals surface area contributed by atoms with Crippen molar-refractivity contribution >= 4 is 15.8 Å². The number of carbonyl (C=O) groups is 1. The number of hydrogen-bond acceptors (Lipinski definition) is 3. The maximum Gasteiger partial charge on any atom is 0.215 e. The lowest BCUT2D eigenvalue weighted by Gasteiger charge is -2.38. The van der Waals surface area contributed by atoms with Crippen LogP contribution in [0.2, 0.25) is 0 Å². The van der Waals surface area contributed by atoms with Crippen LogP contribution in [0.15, 0.2) is 24.3 Å². The lowest BCUT2D eigenvalue weighted by Crippen LogP contribution is -2.46. The molecule has 3 aliphatic rings. The molecule has 0 spiro atoms. The summed E-state index contributed by atoms with van der Waals surface area (Å²) in [6.45, 7) is 6.82. The van der Waals surface area contributed by atoms with E-state index in [1.165, 1.54) is 0 Å². The summed E-state index contributed by atoms with van der Waals surface area (Å²) in [5.41, 5.74) is 1.34. The average Bonchev–Trinajstić information content (AvgIpc) is 3.19. The van der Waals surface area contributed by atoms with Gasteiger partial charge in [-0.25, -0.2) is 8.42 Å². The van der Waals surface area contributed by atoms with Crippen LogP contribution in [0.1, 0.15) is 63.1 Å². The van der Waals surface area contributed by atoms with Gasteiger partial charge in [0, 0.05) is 24.4 Å². The molecule has 0 unspecified atom stereocenters. The summed E-state index contributed by atoms with van der Waals surface area (Å²) in [5.74, 6) is 0.509. The summed E-state index contributed by atoms with van der Waals surface area (Å²) in [5, 5.41) is 0. The minimum Gasteiger partial charge on any atom is -0.299 e. The van der Waals surface area contributed by atoms with Crippen molar-refractivity contribution in [2.24, 2.45) is 16.7 Å². The summed E-state index contributed by atoms with van der Waals surface area (Å²) < 4.78 is 28.6. The number of benzene rings is 1. The molecule has 2 aliphatic carbocycles. The first kappa shape index (κ1) is 18.2. The van der Waals surface area contributed by atoms with Crippen molar-refractivity contribution in [1.82, 2.24) is 4.31 Å². The summed E-state index contributed by atoms with van der Waals surface area (Å²) in [7, 11) is -3.49. The van der Waals surface area contributed by atoms with Crippen LogP contribution < -0.4 is 0 Å². The second-order valence-electron chi connectivity index (χ2n) is 9.05. The molecular formula is C21H29NO3S. The van der Waals surface area contributed by atoms with E-state index in [4.69, 9.17) is 0 Å². The van der Waals surface area contributed by atoms with Gasteiger partial charge in [-0.2, -0.15) is 4.31 Å². The van der Waals surface area contributed by atoms with Gasteiger partial charge in [0.1, 0.15) is 5.78 Å². The van der Waals surface area contributed by atoms with Gasteiger partial charge in [-0.15, -0.1) is 0 Å². The van der Waals surface area contributed by atoms with E-state index in [1.807, 2.05) is 31.2 Å². The van der Waals surface area contributed by atoms with Crippen LogP contribution in [-0.4, -0.2) is 30.8 Å². The minimum atomic E-state index is -3.49. The Balaban J connectivity index is 1.67. The van der Waals surface area contributed by atoms with Crippen molar-refractivity contribution < 1.29 is 13.2 Å². The third kappa shape index (κ3) is 2.43. The van der Waals surface area contributed by atoms with Gasteiger partial charge in [0.2, 0.25) is 10.0 Å². The number of rotatable bonds is 4. The molecule has 1 aromatic rings. The molecule has 4 rings (SSSR count). The summed E-state index contributed by atoms with van der Waals surface area (Å²) in [4.78, 5) is 12.8. The molecule has 4 nitrogen and oxygen atoms in total. The predicted molar refractivity (Wildman–Crippen MR) is 102 cm³/mol. The van der Waals surface area contributed by atoms with E-state index >= 15 is 0 Å². The lowest BCUT2D eigenvalue weighted by atomic mass is 9.70. The Morgan fingerprint density at radius 2 is 1.92 bits per heavy atom. The molecule has 3 fully saturated rings. The Kier molecular flexibility index (Phi) is 4.12. The highest BCUT2D eigenvalue weighted by Crippen LogP contribution is 2.64. The second-order valence-corrected chi connectivity index (χ2v) is 11.0. The van der Waals surface area contributed by atoms with E-state index in [9.17, 15) is 13.2 Å². The molecule has 3 atom stereocenters. The van der Waals surface area contributed by atoms with Gasteiger partial charge >= 0.3 is 0 Å². The van der Waals surface area contributed by atoms with E-state index < -0.39 is 15.4 Å². The first-order valence-corrected chi connectivity index (χ1v) is 11.4. The standard InChI is InChI=1S/C21H29NO3S/c1-15-7-4-5-8-17(15)18-9-6-12-22(18)26(24,25)14-21-11-10-16(13-19(21)23)20(21,2)3/h4-5,7-8,16,18H,6,9-14H2,1-3H3/t16-,18-,21-/m0/s1. The van der Waals surface area contributed by atoms with E-state index in [0.717, 1.165) is 36.8 Å². The Bertz CT molecular complexity index is 845. The molecule has 1 aromatic carbocycles. The Hall–Kier alpha value is -1.20. The minimum absolute atomic E-state index is 0.00921. The first-order chi connectivity index (χ1) is 12.2. The molecule has 142 valence electrons. The van der Waals surface area contributed by atoms with E-state index in [1.54, 1.807) is 4.31 Å². The first-order valence-electron chi connectivity index (χ1n) is 9.77. The van der Waals surface area contributed by atoms with E-state index in [-0.39, 0.29) is 23.0 Å². The van der Waals surface area contributed by atoms with Crippen molar-refractivity contribution in [3.63, 3.8) is 0 Å². The van der Waals surface area contributed by atoms with Gasteiger partial charge in [0.15, 0.2) is 0 Å². The van der Waals surface area contributed by atoms with Crippen molar-refractivity contribution in [1.29, 1.82) is 0 Å². The topological polar surface area (TPSA) is 54.5 Å². The Morgan fingerprint density at radius 1 is 1.19 bits per heavy atom. The van der Waals surface area contributed by atoms with Crippen LogP contribution in [-0.2, 0) is 14.8 Å². The number of nitrogens with zero attached hydrogens (tertiary/aromatic N) is 1. The summed E-state index contributed by atoms with van der Waals surface area (Å²) >= 11 is 0. The van der Waals surface area contributed by atoms with Gasteiger partial charge in [-0.3, -0.25) is 4.79 Å². The van der Waals surface area contributed by atoms with Gasteiger partial charge < -0.3 is 0 Å². The Morgan fingerprint density at radius 3 is 2.54 bits per heavy atom. The Labute approximate surface area is 157 Å². The highest BCUT2D eigenvalue weighted by atomic mass is 32.2. The third-order valence-corrected chi connectivity index (χ3v) is 9.69.